The van der Waals surface area contributed by atoms with Crippen LogP contribution < -0.4 is 10.2 Å². The molecule has 2 aliphatic rings. The SMILES string of the molecule is CO[C@@H]1C[C@H](C(=O)N(c2ccc(C(C)(C)C)cc2F)C(C(=O)NC2CCC(F)(F)CC2)c2cncc(F)c2)N(C#N)C1. The maximum atomic E-state index is 16.0. The summed E-state index contributed by atoms with van der Waals surface area (Å²) in [6.45, 7) is 5.78. The highest BCUT2D eigenvalue weighted by Gasteiger charge is 2.45. The van der Waals surface area contributed by atoms with Crippen LogP contribution in [0.25, 0.3) is 0 Å². The number of likely N-dealkylation sites (tertiary alicyclic amines) is 1. The Hall–Kier alpha value is -3.72. The lowest BCUT2D eigenvalue weighted by molar-refractivity contribution is -0.129. The van der Waals surface area contributed by atoms with Gasteiger partial charge in [0.2, 0.25) is 11.8 Å². The number of anilines is 1. The fourth-order valence-electron chi connectivity index (χ4n) is 5.49. The Labute approximate surface area is 242 Å². The number of nitrogens with one attached hydrogen (secondary N) is 1. The second kappa shape index (κ2) is 12.3. The molecule has 0 spiro atoms. The van der Waals surface area contributed by atoms with E-state index < -0.39 is 71.9 Å². The van der Waals surface area contributed by atoms with Gasteiger partial charge in [-0.05, 0) is 42.0 Å². The molecule has 1 saturated heterocycles. The standard InChI is InChI=1S/C30H35F4N5O3/c1-29(2,3)19-5-6-24(23(32)12-19)39(28(41)25-13-22(42-4)16-38(25)17-35)26(18-11-20(31)15-36-14-18)27(40)37-21-7-9-30(33,34)10-8-21/h5-6,11-12,14-15,21-22,25-26H,7-10,13,16H2,1-4H3,(H,37,40)/t22-,25-,26?/m1/s1. The Kier molecular flexibility index (Phi) is 9.11. The van der Waals surface area contributed by atoms with Gasteiger partial charge in [-0.1, -0.05) is 26.8 Å². The Bertz CT molecular complexity index is 1350. The summed E-state index contributed by atoms with van der Waals surface area (Å²) in [6.07, 6.45) is 2.85. The molecule has 1 aliphatic heterocycles. The van der Waals surface area contributed by atoms with E-state index in [0.717, 1.165) is 17.2 Å². The Balaban J connectivity index is 1.83. The highest BCUT2D eigenvalue weighted by Crippen LogP contribution is 2.37. The van der Waals surface area contributed by atoms with E-state index in [9.17, 15) is 28.0 Å². The number of aromatic nitrogens is 1. The van der Waals surface area contributed by atoms with Crippen LogP contribution in [0.15, 0.2) is 36.7 Å². The van der Waals surface area contributed by atoms with E-state index in [-0.39, 0.29) is 37.1 Å². The maximum Gasteiger partial charge on any atom is 0.251 e. The van der Waals surface area contributed by atoms with Crippen molar-refractivity contribution in [1.29, 1.82) is 5.26 Å². The largest absolute Gasteiger partial charge is 0.379 e. The zero-order valence-electron chi connectivity index (χ0n) is 24.0. The number of amides is 2. The molecule has 4 rings (SSSR count). The van der Waals surface area contributed by atoms with Crippen LogP contribution in [0.4, 0.5) is 23.2 Å². The van der Waals surface area contributed by atoms with Crippen LogP contribution in [0.2, 0.25) is 0 Å². The van der Waals surface area contributed by atoms with Gasteiger partial charge in [0.1, 0.15) is 23.7 Å². The number of carbonyl (C=O) groups excluding carboxylic acids is 2. The van der Waals surface area contributed by atoms with Crippen LogP contribution in [-0.4, -0.2) is 59.5 Å². The predicted molar refractivity (Wildman–Crippen MR) is 146 cm³/mol. The lowest BCUT2D eigenvalue weighted by Crippen LogP contribution is -2.52. The average molecular weight is 590 g/mol. The normalized spacial score (nSPS) is 21.5. The molecule has 2 amide bonds. The van der Waals surface area contributed by atoms with E-state index in [0.29, 0.717) is 5.56 Å². The van der Waals surface area contributed by atoms with Crippen molar-refractivity contribution in [3.63, 3.8) is 0 Å². The van der Waals surface area contributed by atoms with Gasteiger partial charge in [-0.2, -0.15) is 5.26 Å². The molecule has 226 valence electrons. The van der Waals surface area contributed by atoms with Gasteiger partial charge in [0.05, 0.1) is 24.5 Å². The summed E-state index contributed by atoms with van der Waals surface area (Å²) in [5, 5.41) is 12.5. The van der Waals surface area contributed by atoms with Gasteiger partial charge in [-0.3, -0.25) is 24.4 Å². The highest BCUT2D eigenvalue weighted by molar-refractivity contribution is 6.04. The van der Waals surface area contributed by atoms with Gasteiger partial charge >= 0.3 is 0 Å². The maximum absolute atomic E-state index is 16.0. The Morgan fingerprint density at radius 1 is 1.19 bits per heavy atom. The van der Waals surface area contributed by atoms with Crippen LogP contribution in [0, 0.1) is 23.1 Å². The van der Waals surface area contributed by atoms with Crippen molar-refractivity contribution < 1.29 is 31.9 Å². The third-order valence-electron chi connectivity index (χ3n) is 7.93. The molecule has 0 bridgehead atoms. The van der Waals surface area contributed by atoms with Crippen molar-refractivity contribution in [2.45, 2.75) is 88.4 Å². The summed E-state index contributed by atoms with van der Waals surface area (Å²) in [5.41, 5.74) is -0.112. The van der Waals surface area contributed by atoms with Crippen LogP contribution in [0.1, 0.15) is 70.0 Å². The first-order valence-corrected chi connectivity index (χ1v) is 13.8. The molecule has 1 aliphatic carbocycles. The van der Waals surface area contributed by atoms with E-state index in [1.807, 2.05) is 27.0 Å². The fraction of sp³-hybridized carbons (Fsp3) is 0.533. The number of alkyl halides is 2. The van der Waals surface area contributed by atoms with Gasteiger partial charge in [0.15, 0.2) is 6.19 Å². The second-order valence-corrected chi connectivity index (χ2v) is 12.0. The Morgan fingerprint density at radius 3 is 2.45 bits per heavy atom. The second-order valence-electron chi connectivity index (χ2n) is 12.0. The molecule has 0 radical (unpaired) electrons. The van der Waals surface area contributed by atoms with Crippen LogP contribution in [-0.2, 0) is 19.7 Å². The van der Waals surface area contributed by atoms with Crippen molar-refractivity contribution in [2.75, 3.05) is 18.6 Å². The van der Waals surface area contributed by atoms with Crippen LogP contribution >= 0.6 is 0 Å². The molecule has 2 aromatic rings. The van der Waals surface area contributed by atoms with Crippen molar-refractivity contribution >= 4 is 17.5 Å². The molecular weight excluding hydrogens is 554 g/mol. The third-order valence-corrected chi connectivity index (χ3v) is 7.93. The van der Waals surface area contributed by atoms with Crippen LogP contribution in [0.3, 0.4) is 0 Å². The fourth-order valence-corrected chi connectivity index (χ4v) is 5.49. The molecule has 1 saturated carbocycles. The van der Waals surface area contributed by atoms with Gasteiger partial charge in [-0.15, -0.1) is 0 Å². The first-order chi connectivity index (χ1) is 19.7. The molecule has 2 fully saturated rings. The number of pyridine rings is 1. The summed E-state index contributed by atoms with van der Waals surface area (Å²) in [4.78, 5) is 34.2. The zero-order chi connectivity index (χ0) is 30.8. The molecule has 1 aromatic heterocycles. The minimum absolute atomic E-state index is 0.00416. The molecular formula is C30H35F4N5O3. The number of benzene rings is 1. The van der Waals surface area contributed by atoms with Gasteiger partial charge in [0.25, 0.3) is 5.91 Å². The number of methoxy groups -OCH3 is 1. The quantitative estimate of drug-likeness (QED) is 0.361. The number of hydrogen-bond donors (Lipinski definition) is 1. The van der Waals surface area contributed by atoms with E-state index in [2.05, 4.69) is 10.3 Å². The molecule has 1 unspecified atom stereocenters. The lowest BCUT2D eigenvalue weighted by atomic mass is 9.86. The molecule has 12 heteroatoms. The van der Waals surface area contributed by atoms with Gasteiger partial charge < -0.3 is 10.1 Å². The number of nitriles is 1. The molecule has 42 heavy (non-hydrogen) atoms. The zero-order valence-corrected chi connectivity index (χ0v) is 24.0. The number of halogens is 4. The molecule has 2 heterocycles. The van der Waals surface area contributed by atoms with E-state index in [1.54, 1.807) is 6.07 Å². The lowest BCUT2D eigenvalue weighted by Gasteiger charge is -2.36. The minimum Gasteiger partial charge on any atom is -0.379 e. The van der Waals surface area contributed by atoms with E-state index >= 15 is 4.39 Å². The average Bonchev–Trinajstić information content (AvgIpc) is 3.36. The first kappa shape index (κ1) is 31.2. The summed E-state index contributed by atoms with van der Waals surface area (Å²) in [7, 11) is 1.44. The smallest absolute Gasteiger partial charge is 0.251 e. The van der Waals surface area contributed by atoms with Gasteiger partial charge in [0, 0.05) is 44.2 Å². The third kappa shape index (κ3) is 6.84. The highest BCUT2D eigenvalue weighted by atomic mass is 19.3. The first-order valence-electron chi connectivity index (χ1n) is 13.8. The number of hydrogen-bond acceptors (Lipinski definition) is 6. The summed E-state index contributed by atoms with van der Waals surface area (Å²) >= 11 is 0. The van der Waals surface area contributed by atoms with Crippen molar-refractivity contribution in [3.8, 4) is 6.19 Å². The number of ether oxygens (including phenoxy) is 1. The Morgan fingerprint density at radius 2 is 1.88 bits per heavy atom. The summed E-state index contributed by atoms with van der Waals surface area (Å²) < 4.78 is 63.4. The minimum atomic E-state index is -2.84. The monoisotopic (exact) mass is 589 g/mol. The van der Waals surface area contributed by atoms with Crippen molar-refractivity contribution in [1.82, 2.24) is 15.2 Å². The van der Waals surface area contributed by atoms with E-state index in [4.69, 9.17) is 4.74 Å². The van der Waals surface area contributed by atoms with E-state index in [1.165, 1.54) is 30.3 Å². The molecule has 8 nitrogen and oxygen atoms in total. The van der Waals surface area contributed by atoms with Crippen molar-refractivity contribution in [3.05, 3.63) is 59.4 Å². The topological polar surface area (TPSA) is 98.6 Å². The summed E-state index contributed by atoms with van der Waals surface area (Å²) in [6, 6.07) is 1.93. The molecule has 1 aromatic carbocycles. The number of nitrogens with zero attached hydrogens (tertiary/aromatic N) is 4. The molecule has 3 atom stereocenters. The molecule has 1 N–H and O–H groups in total. The van der Waals surface area contributed by atoms with Crippen LogP contribution in [0.5, 0.6) is 0 Å². The van der Waals surface area contributed by atoms with Gasteiger partial charge in [-0.25, -0.2) is 17.6 Å². The number of rotatable bonds is 7. The predicted octanol–water partition coefficient (Wildman–Crippen LogP) is 5.00. The van der Waals surface area contributed by atoms with Crippen molar-refractivity contribution in [2.24, 2.45) is 0 Å². The number of carbonyl (C=O) groups is 2. The summed E-state index contributed by atoms with van der Waals surface area (Å²) in [5.74, 6) is -6.03.